The normalized spacial score (nSPS) is 11.1. The van der Waals surface area contributed by atoms with Gasteiger partial charge in [0.2, 0.25) is 0 Å². The molecular formula is C10H11F3N2O2. The van der Waals surface area contributed by atoms with E-state index in [0.29, 0.717) is 0 Å². The van der Waals surface area contributed by atoms with Gasteiger partial charge in [0.1, 0.15) is 0 Å². The molecule has 1 amide bonds. The van der Waals surface area contributed by atoms with Gasteiger partial charge >= 0.3 is 12.3 Å². The van der Waals surface area contributed by atoms with Gasteiger partial charge in [-0.15, -0.1) is 0 Å². The van der Waals surface area contributed by atoms with Crippen LogP contribution in [0.15, 0.2) is 18.2 Å². The van der Waals surface area contributed by atoms with Crippen LogP contribution in [0.2, 0.25) is 0 Å². The molecule has 4 nitrogen and oxygen atoms in total. The lowest BCUT2D eigenvalue weighted by atomic mass is 10.1. The van der Waals surface area contributed by atoms with Crippen LogP contribution in [0, 0.1) is 0 Å². The summed E-state index contributed by atoms with van der Waals surface area (Å²) in [5, 5.41) is 2.24. The summed E-state index contributed by atoms with van der Waals surface area (Å²) in [5.74, 6) is 0. The molecule has 0 aromatic heterocycles. The zero-order valence-electron chi connectivity index (χ0n) is 8.97. The van der Waals surface area contributed by atoms with Gasteiger partial charge in [0, 0.05) is 0 Å². The molecule has 1 rings (SSSR count). The Kier molecular flexibility index (Phi) is 3.82. The monoisotopic (exact) mass is 248 g/mol. The van der Waals surface area contributed by atoms with E-state index in [4.69, 9.17) is 5.73 Å². The Labute approximate surface area is 95.6 Å². The molecular weight excluding hydrogens is 237 g/mol. The molecule has 0 heterocycles. The van der Waals surface area contributed by atoms with E-state index in [1.165, 1.54) is 0 Å². The summed E-state index contributed by atoms with van der Waals surface area (Å²) >= 11 is 0. The fourth-order valence-corrected chi connectivity index (χ4v) is 1.13. The molecule has 0 saturated carbocycles. The van der Waals surface area contributed by atoms with E-state index in [9.17, 15) is 18.0 Å². The molecule has 0 unspecified atom stereocenters. The Balaban J connectivity index is 2.87. The third-order valence-corrected chi connectivity index (χ3v) is 1.89. The van der Waals surface area contributed by atoms with Crippen molar-refractivity contribution in [2.45, 2.75) is 13.1 Å². The van der Waals surface area contributed by atoms with Crippen LogP contribution >= 0.6 is 0 Å². The van der Waals surface area contributed by atoms with Crippen LogP contribution in [0.1, 0.15) is 12.5 Å². The Bertz CT molecular complexity index is 419. The molecule has 7 heteroatoms. The van der Waals surface area contributed by atoms with E-state index in [-0.39, 0.29) is 18.0 Å². The van der Waals surface area contributed by atoms with Gasteiger partial charge in [-0.25, -0.2) is 4.79 Å². The second-order valence-corrected chi connectivity index (χ2v) is 3.15. The third kappa shape index (κ3) is 3.54. The Morgan fingerprint density at radius 3 is 2.59 bits per heavy atom. The molecule has 3 N–H and O–H groups in total. The first-order valence-corrected chi connectivity index (χ1v) is 4.75. The van der Waals surface area contributed by atoms with Crippen LogP contribution in [0.5, 0.6) is 0 Å². The highest BCUT2D eigenvalue weighted by molar-refractivity contribution is 5.89. The van der Waals surface area contributed by atoms with Crippen molar-refractivity contribution in [2.75, 3.05) is 17.7 Å². The molecule has 0 fully saturated rings. The lowest BCUT2D eigenvalue weighted by Gasteiger charge is -2.11. The van der Waals surface area contributed by atoms with Gasteiger partial charge < -0.3 is 10.5 Å². The molecule has 0 aliphatic heterocycles. The van der Waals surface area contributed by atoms with Gasteiger partial charge in [-0.1, -0.05) is 0 Å². The van der Waals surface area contributed by atoms with Crippen LogP contribution in [0.3, 0.4) is 0 Å². The zero-order chi connectivity index (χ0) is 13.1. The summed E-state index contributed by atoms with van der Waals surface area (Å²) in [4.78, 5) is 11.0. The van der Waals surface area contributed by atoms with Crippen molar-refractivity contribution in [3.8, 4) is 0 Å². The summed E-state index contributed by atoms with van der Waals surface area (Å²) < 4.78 is 41.5. The average molecular weight is 248 g/mol. The van der Waals surface area contributed by atoms with E-state index in [1.54, 1.807) is 6.92 Å². The van der Waals surface area contributed by atoms with Crippen molar-refractivity contribution in [2.24, 2.45) is 0 Å². The van der Waals surface area contributed by atoms with Crippen molar-refractivity contribution in [1.82, 2.24) is 0 Å². The van der Waals surface area contributed by atoms with Crippen LogP contribution in [0.25, 0.3) is 0 Å². The van der Waals surface area contributed by atoms with Crippen molar-refractivity contribution in [3.63, 3.8) is 0 Å². The molecule has 0 atom stereocenters. The first kappa shape index (κ1) is 13.1. The van der Waals surface area contributed by atoms with Gasteiger partial charge in [-0.2, -0.15) is 13.2 Å². The minimum absolute atomic E-state index is 0.0800. The summed E-state index contributed by atoms with van der Waals surface area (Å²) in [6.45, 7) is 1.77. The van der Waals surface area contributed by atoms with Crippen molar-refractivity contribution in [3.05, 3.63) is 23.8 Å². The number of rotatable bonds is 2. The fourth-order valence-electron chi connectivity index (χ4n) is 1.13. The molecule has 1 aromatic carbocycles. The average Bonchev–Trinajstić information content (AvgIpc) is 2.20. The first-order valence-electron chi connectivity index (χ1n) is 4.75. The zero-order valence-corrected chi connectivity index (χ0v) is 8.97. The van der Waals surface area contributed by atoms with E-state index in [1.807, 2.05) is 0 Å². The lowest BCUT2D eigenvalue weighted by molar-refractivity contribution is -0.137. The predicted octanol–water partition coefficient (Wildman–Crippen LogP) is 2.86. The number of nitrogens with one attached hydrogen (secondary N) is 1. The lowest BCUT2D eigenvalue weighted by Crippen LogP contribution is -2.15. The van der Waals surface area contributed by atoms with Crippen LogP contribution in [-0.4, -0.2) is 12.7 Å². The predicted molar refractivity (Wildman–Crippen MR) is 56.5 cm³/mol. The summed E-state index contributed by atoms with van der Waals surface area (Å²) in [5.41, 5.74) is 4.43. The van der Waals surface area contributed by atoms with Crippen molar-refractivity contribution in [1.29, 1.82) is 0 Å². The summed E-state index contributed by atoms with van der Waals surface area (Å²) in [6.07, 6.45) is -5.23. The van der Waals surface area contributed by atoms with Gasteiger partial charge in [-0.3, -0.25) is 5.32 Å². The molecule has 0 aliphatic carbocycles. The Morgan fingerprint density at radius 2 is 2.12 bits per heavy atom. The number of anilines is 2. The number of hydrogen-bond acceptors (Lipinski definition) is 3. The number of ether oxygens (including phenoxy) is 1. The Hall–Kier alpha value is -1.92. The van der Waals surface area contributed by atoms with E-state index < -0.39 is 17.8 Å². The number of carbonyl (C=O) groups excluding carboxylic acids is 1. The molecule has 17 heavy (non-hydrogen) atoms. The highest BCUT2D eigenvalue weighted by Gasteiger charge is 2.30. The number of halogens is 3. The number of hydrogen-bond donors (Lipinski definition) is 2. The van der Waals surface area contributed by atoms with Crippen LogP contribution < -0.4 is 11.1 Å². The minimum atomic E-state index is -4.46. The number of alkyl halides is 3. The summed E-state index contributed by atoms with van der Waals surface area (Å²) in [7, 11) is 0. The van der Waals surface area contributed by atoms with E-state index >= 15 is 0 Å². The molecule has 1 aromatic rings. The molecule has 0 aliphatic rings. The van der Waals surface area contributed by atoms with E-state index in [2.05, 4.69) is 10.1 Å². The number of amides is 1. The van der Waals surface area contributed by atoms with E-state index in [0.717, 1.165) is 18.2 Å². The fraction of sp³-hybridized carbons (Fsp3) is 0.300. The van der Waals surface area contributed by atoms with Crippen LogP contribution in [-0.2, 0) is 10.9 Å². The van der Waals surface area contributed by atoms with Crippen molar-refractivity contribution < 1.29 is 22.7 Å². The van der Waals surface area contributed by atoms with Gasteiger partial charge in [0.05, 0.1) is 23.5 Å². The third-order valence-electron chi connectivity index (χ3n) is 1.89. The molecule has 0 saturated heterocycles. The smallest absolute Gasteiger partial charge is 0.416 e. The Morgan fingerprint density at radius 1 is 1.47 bits per heavy atom. The molecule has 0 bridgehead atoms. The largest absolute Gasteiger partial charge is 0.450 e. The minimum Gasteiger partial charge on any atom is -0.450 e. The quantitative estimate of drug-likeness (QED) is 0.791. The molecule has 0 radical (unpaired) electrons. The van der Waals surface area contributed by atoms with Gasteiger partial charge in [0.15, 0.2) is 0 Å². The second-order valence-electron chi connectivity index (χ2n) is 3.15. The summed E-state index contributed by atoms with van der Waals surface area (Å²) in [6, 6.07) is 2.66. The topological polar surface area (TPSA) is 64.3 Å². The SMILES string of the molecule is CCOC(=O)Nc1ccc(C(F)(F)F)cc1N. The number of nitrogens with two attached hydrogens (primary N) is 1. The maximum atomic E-state index is 12.3. The van der Waals surface area contributed by atoms with Gasteiger partial charge in [-0.05, 0) is 25.1 Å². The highest BCUT2D eigenvalue weighted by Crippen LogP contribution is 2.32. The maximum absolute atomic E-state index is 12.3. The number of carbonyl (C=O) groups is 1. The molecule has 94 valence electrons. The maximum Gasteiger partial charge on any atom is 0.416 e. The molecule has 0 spiro atoms. The van der Waals surface area contributed by atoms with Gasteiger partial charge in [0.25, 0.3) is 0 Å². The van der Waals surface area contributed by atoms with Crippen molar-refractivity contribution >= 4 is 17.5 Å². The standard InChI is InChI=1S/C10H11F3N2O2/c1-2-17-9(16)15-8-4-3-6(5-7(8)14)10(11,12)13/h3-5H,2,14H2,1H3,(H,15,16). The number of benzene rings is 1. The number of nitrogen functional groups attached to an aromatic ring is 1. The van der Waals surface area contributed by atoms with Crippen LogP contribution in [0.4, 0.5) is 29.3 Å². The second kappa shape index (κ2) is 4.94. The first-order chi connectivity index (χ1) is 7.84. The highest BCUT2D eigenvalue weighted by atomic mass is 19.4.